The molecule has 0 radical (unpaired) electrons. The Bertz CT molecular complexity index is 309. The van der Waals surface area contributed by atoms with E-state index in [1.807, 2.05) is 6.92 Å². The van der Waals surface area contributed by atoms with Crippen molar-refractivity contribution in [1.29, 1.82) is 0 Å². The molecule has 0 aliphatic heterocycles. The van der Waals surface area contributed by atoms with Gasteiger partial charge in [-0.25, -0.2) is 9.59 Å². The number of primary amides is 1. The molecule has 0 saturated carbocycles. The van der Waals surface area contributed by atoms with Crippen LogP contribution in [-0.4, -0.2) is 48.7 Å². The van der Waals surface area contributed by atoms with Crippen molar-refractivity contribution in [3.8, 4) is 0 Å². The van der Waals surface area contributed by atoms with Crippen LogP contribution in [0.3, 0.4) is 0 Å². The first-order valence-corrected chi connectivity index (χ1v) is 6.23. The van der Waals surface area contributed by atoms with Gasteiger partial charge in [0.25, 0.3) is 0 Å². The molecule has 0 heterocycles. The standard InChI is InChI=1S/C11H22N4O4/c1-2-13-6-3-7-14-11(19)15-8(10(17)18)4-5-9(12)16/h8,13H,2-7H2,1H3,(H2,12,16)(H,17,18)(H2,14,15,19)/t8-/m1/s1. The first-order valence-electron chi connectivity index (χ1n) is 6.23. The number of carbonyl (C=O) groups excluding carboxylic acids is 2. The van der Waals surface area contributed by atoms with Crippen molar-refractivity contribution in [3.63, 3.8) is 0 Å². The van der Waals surface area contributed by atoms with Crippen LogP contribution < -0.4 is 21.7 Å². The van der Waals surface area contributed by atoms with Crippen LogP contribution in [0.4, 0.5) is 4.79 Å². The van der Waals surface area contributed by atoms with Crippen molar-refractivity contribution >= 4 is 17.9 Å². The van der Waals surface area contributed by atoms with Crippen molar-refractivity contribution in [2.24, 2.45) is 5.73 Å². The molecule has 8 heteroatoms. The Kier molecular flexibility index (Phi) is 9.15. The van der Waals surface area contributed by atoms with E-state index >= 15 is 0 Å². The zero-order chi connectivity index (χ0) is 14.7. The van der Waals surface area contributed by atoms with E-state index < -0.39 is 23.9 Å². The third-order valence-electron chi connectivity index (χ3n) is 2.35. The molecule has 0 aromatic rings. The molecule has 0 aliphatic rings. The second kappa shape index (κ2) is 10.1. The molecule has 0 aliphatic carbocycles. The van der Waals surface area contributed by atoms with Gasteiger partial charge in [-0.1, -0.05) is 6.92 Å². The molecule has 110 valence electrons. The van der Waals surface area contributed by atoms with Gasteiger partial charge in [0.1, 0.15) is 6.04 Å². The second-order valence-corrected chi connectivity index (χ2v) is 4.00. The average Bonchev–Trinajstić information content (AvgIpc) is 2.33. The van der Waals surface area contributed by atoms with Gasteiger partial charge < -0.3 is 26.8 Å². The van der Waals surface area contributed by atoms with E-state index in [-0.39, 0.29) is 12.8 Å². The molecule has 6 N–H and O–H groups in total. The zero-order valence-electron chi connectivity index (χ0n) is 11.1. The summed E-state index contributed by atoms with van der Waals surface area (Å²) in [6.07, 6.45) is 0.646. The topological polar surface area (TPSA) is 134 Å². The molecule has 0 saturated heterocycles. The number of rotatable bonds is 10. The number of amides is 3. The van der Waals surface area contributed by atoms with Crippen LogP contribution in [0, 0.1) is 0 Å². The van der Waals surface area contributed by atoms with E-state index in [0.29, 0.717) is 6.54 Å². The molecule has 8 nitrogen and oxygen atoms in total. The highest BCUT2D eigenvalue weighted by Crippen LogP contribution is 1.97. The Hall–Kier alpha value is -1.83. The third kappa shape index (κ3) is 9.83. The fraction of sp³-hybridized carbons (Fsp3) is 0.727. The van der Waals surface area contributed by atoms with Crippen LogP contribution in [0.2, 0.25) is 0 Å². The normalized spacial score (nSPS) is 11.6. The number of carboxylic acid groups (broad SMARTS) is 1. The summed E-state index contributed by atoms with van der Waals surface area (Å²) in [7, 11) is 0. The fourth-order valence-electron chi connectivity index (χ4n) is 1.35. The lowest BCUT2D eigenvalue weighted by atomic mass is 10.1. The predicted molar refractivity (Wildman–Crippen MR) is 69.5 cm³/mol. The highest BCUT2D eigenvalue weighted by Gasteiger charge is 2.20. The first kappa shape index (κ1) is 17.2. The minimum atomic E-state index is -1.19. The molecule has 0 unspecified atom stereocenters. The molecule has 0 rings (SSSR count). The fourth-order valence-corrected chi connectivity index (χ4v) is 1.35. The largest absolute Gasteiger partial charge is 0.480 e. The van der Waals surface area contributed by atoms with Crippen LogP contribution in [0.25, 0.3) is 0 Å². The Morgan fingerprint density at radius 3 is 2.47 bits per heavy atom. The Morgan fingerprint density at radius 1 is 1.26 bits per heavy atom. The maximum absolute atomic E-state index is 11.4. The highest BCUT2D eigenvalue weighted by atomic mass is 16.4. The number of aliphatic carboxylic acids is 1. The lowest BCUT2D eigenvalue weighted by Gasteiger charge is -2.14. The van der Waals surface area contributed by atoms with Gasteiger partial charge in [-0.2, -0.15) is 0 Å². The summed E-state index contributed by atoms with van der Waals surface area (Å²) in [6, 6.07) is -1.67. The van der Waals surface area contributed by atoms with Crippen LogP contribution in [-0.2, 0) is 9.59 Å². The number of nitrogens with two attached hydrogens (primary N) is 1. The molecular weight excluding hydrogens is 252 g/mol. The van der Waals surface area contributed by atoms with E-state index in [1.165, 1.54) is 0 Å². The summed E-state index contributed by atoms with van der Waals surface area (Å²) in [4.78, 5) is 32.8. The second-order valence-electron chi connectivity index (χ2n) is 4.00. The van der Waals surface area contributed by atoms with Crippen molar-refractivity contribution in [3.05, 3.63) is 0 Å². The van der Waals surface area contributed by atoms with Gasteiger partial charge in [0.2, 0.25) is 5.91 Å². The van der Waals surface area contributed by atoms with Gasteiger partial charge in [0.15, 0.2) is 0 Å². The van der Waals surface area contributed by atoms with Crippen molar-refractivity contribution < 1.29 is 19.5 Å². The lowest BCUT2D eigenvalue weighted by molar-refractivity contribution is -0.139. The van der Waals surface area contributed by atoms with Gasteiger partial charge in [-0.05, 0) is 25.9 Å². The maximum Gasteiger partial charge on any atom is 0.326 e. The summed E-state index contributed by atoms with van der Waals surface area (Å²) in [5.74, 6) is -1.79. The van der Waals surface area contributed by atoms with E-state index in [1.54, 1.807) is 0 Å². The van der Waals surface area contributed by atoms with Gasteiger partial charge in [0.05, 0.1) is 0 Å². The monoisotopic (exact) mass is 274 g/mol. The molecule has 0 bridgehead atoms. The van der Waals surface area contributed by atoms with Gasteiger partial charge in [-0.15, -0.1) is 0 Å². The molecule has 1 atom stereocenters. The number of hydrogen-bond acceptors (Lipinski definition) is 4. The van der Waals surface area contributed by atoms with Crippen molar-refractivity contribution in [2.45, 2.75) is 32.2 Å². The number of carbonyl (C=O) groups is 3. The minimum absolute atomic E-state index is 0.0184. The maximum atomic E-state index is 11.4. The van der Waals surface area contributed by atoms with Gasteiger partial charge in [-0.3, -0.25) is 4.79 Å². The lowest BCUT2D eigenvalue weighted by Crippen LogP contribution is -2.46. The van der Waals surface area contributed by atoms with Crippen LogP contribution >= 0.6 is 0 Å². The van der Waals surface area contributed by atoms with E-state index in [2.05, 4.69) is 16.0 Å². The molecule has 0 spiro atoms. The minimum Gasteiger partial charge on any atom is -0.480 e. The summed E-state index contributed by atoms with van der Waals surface area (Å²) in [5.41, 5.74) is 4.93. The van der Waals surface area contributed by atoms with Crippen LogP contribution in [0.5, 0.6) is 0 Å². The smallest absolute Gasteiger partial charge is 0.326 e. The Morgan fingerprint density at radius 2 is 1.95 bits per heavy atom. The number of hydrogen-bond donors (Lipinski definition) is 5. The van der Waals surface area contributed by atoms with Gasteiger partial charge >= 0.3 is 12.0 Å². The molecule has 0 aromatic heterocycles. The third-order valence-corrected chi connectivity index (χ3v) is 2.35. The Balaban J connectivity index is 3.90. The van der Waals surface area contributed by atoms with Gasteiger partial charge in [0, 0.05) is 13.0 Å². The molecule has 19 heavy (non-hydrogen) atoms. The number of carboxylic acids is 1. The molecule has 3 amide bonds. The van der Waals surface area contributed by atoms with Crippen molar-refractivity contribution in [1.82, 2.24) is 16.0 Å². The number of urea groups is 1. The molecule has 0 aromatic carbocycles. The molecular formula is C11H22N4O4. The summed E-state index contributed by atoms with van der Waals surface area (Å²) in [6.45, 7) is 4.07. The highest BCUT2D eigenvalue weighted by molar-refractivity contribution is 5.83. The summed E-state index contributed by atoms with van der Waals surface area (Å²) >= 11 is 0. The van der Waals surface area contributed by atoms with E-state index in [9.17, 15) is 14.4 Å². The predicted octanol–water partition coefficient (Wildman–Crippen LogP) is -0.996. The Labute approximate surface area is 112 Å². The van der Waals surface area contributed by atoms with E-state index in [0.717, 1.165) is 19.5 Å². The van der Waals surface area contributed by atoms with Crippen molar-refractivity contribution in [2.75, 3.05) is 19.6 Å². The van der Waals surface area contributed by atoms with Crippen LogP contribution in [0.15, 0.2) is 0 Å². The molecule has 0 fully saturated rings. The quantitative estimate of drug-likeness (QED) is 0.326. The van der Waals surface area contributed by atoms with E-state index in [4.69, 9.17) is 10.8 Å². The first-order chi connectivity index (χ1) is 8.97. The summed E-state index contributed by atoms with van der Waals surface area (Å²) in [5, 5.41) is 16.8. The average molecular weight is 274 g/mol. The van der Waals surface area contributed by atoms with Crippen LogP contribution in [0.1, 0.15) is 26.2 Å². The number of nitrogens with one attached hydrogen (secondary N) is 3. The SMILES string of the molecule is CCNCCCNC(=O)N[C@H](CCC(N)=O)C(=O)O. The zero-order valence-corrected chi connectivity index (χ0v) is 11.1. The summed E-state index contributed by atoms with van der Waals surface area (Å²) < 4.78 is 0.